The molecular weight excluding hydrogens is 468 g/mol. The zero-order chi connectivity index (χ0) is 25.1. The number of amidine groups is 1. The van der Waals surface area contributed by atoms with Crippen LogP contribution in [-0.4, -0.2) is 45.9 Å². The first-order chi connectivity index (χ1) is 16.8. The Labute approximate surface area is 206 Å². The molecule has 35 heavy (non-hydrogen) atoms. The predicted octanol–water partition coefficient (Wildman–Crippen LogP) is 4.39. The van der Waals surface area contributed by atoms with E-state index in [9.17, 15) is 19.7 Å². The van der Waals surface area contributed by atoms with Crippen LogP contribution in [0.15, 0.2) is 82.0 Å². The number of nitrogens with zero attached hydrogens (tertiary/aromatic N) is 4. The Hall–Kier alpha value is -3.92. The molecule has 2 aromatic rings. The number of allylic oxidation sites excluding steroid dienone is 1. The molecule has 4 rings (SSSR count). The van der Waals surface area contributed by atoms with Crippen molar-refractivity contribution in [3.8, 4) is 0 Å². The molecule has 2 heterocycles. The second kappa shape index (κ2) is 10.1. The van der Waals surface area contributed by atoms with Gasteiger partial charge in [-0.3, -0.25) is 14.9 Å². The third-order valence-corrected chi connectivity index (χ3v) is 6.74. The number of non-ortho nitro benzene ring substituents is 1. The maximum Gasteiger partial charge on any atom is 0.338 e. The quantitative estimate of drug-likeness (QED) is 0.321. The zero-order valence-electron chi connectivity index (χ0n) is 19.5. The minimum Gasteiger partial charge on any atom is -0.466 e. The van der Waals surface area contributed by atoms with Crippen molar-refractivity contribution in [3.63, 3.8) is 0 Å². The molecular formula is C25H24N4O5S. The lowest BCUT2D eigenvalue weighted by atomic mass is 9.93. The Kier molecular flexibility index (Phi) is 7.02. The minimum atomic E-state index is -0.635. The lowest BCUT2D eigenvalue weighted by Crippen LogP contribution is -2.38. The van der Waals surface area contributed by atoms with Crippen molar-refractivity contribution in [1.29, 1.82) is 0 Å². The van der Waals surface area contributed by atoms with E-state index < -0.39 is 16.9 Å². The van der Waals surface area contributed by atoms with E-state index in [1.54, 1.807) is 31.0 Å². The summed E-state index contributed by atoms with van der Waals surface area (Å²) in [6.45, 7) is 2.20. The van der Waals surface area contributed by atoms with Crippen LogP contribution in [0, 0.1) is 10.1 Å². The fourth-order valence-electron chi connectivity index (χ4n) is 4.07. The Morgan fingerprint density at radius 2 is 1.86 bits per heavy atom. The molecule has 1 atom stereocenters. The van der Waals surface area contributed by atoms with Gasteiger partial charge in [0.25, 0.3) is 5.69 Å². The molecule has 0 spiro atoms. The number of carbonyl (C=O) groups is 2. The van der Waals surface area contributed by atoms with Crippen LogP contribution >= 0.6 is 11.8 Å². The van der Waals surface area contributed by atoms with Crippen LogP contribution in [-0.2, 0) is 20.9 Å². The van der Waals surface area contributed by atoms with Crippen LogP contribution in [0.3, 0.4) is 0 Å². The molecule has 2 aromatic carbocycles. The molecule has 180 valence electrons. The van der Waals surface area contributed by atoms with Gasteiger partial charge in [0, 0.05) is 31.4 Å². The number of carbonyl (C=O) groups excluding carboxylic acids is 2. The summed E-state index contributed by atoms with van der Waals surface area (Å²) in [6.07, 6.45) is 0.104. The van der Waals surface area contributed by atoms with E-state index in [0.717, 1.165) is 5.56 Å². The number of rotatable bonds is 7. The molecule has 0 saturated carbocycles. The first-order valence-corrected chi connectivity index (χ1v) is 11.7. The summed E-state index contributed by atoms with van der Waals surface area (Å²) in [4.78, 5) is 44.6. The average molecular weight is 493 g/mol. The first-order valence-electron chi connectivity index (χ1n) is 10.8. The third-order valence-electron chi connectivity index (χ3n) is 5.85. The number of benzene rings is 2. The topological polar surface area (TPSA) is 105 Å². The summed E-state index contributed by atoms with van der Waals surface area (Å²) >= 11 is 1.37. The number of ether oxygens (including phenoxy) is 1. The van der Waals surface area contributed by atoms with Crippen LogP contribution in [0.2, 0.25) is 0 Å². The molecule has 0 fully saturated rings. The molecule has 0 bridgehead atoms. The Balaban J connectivity index is 1.64. The SMILES string of the molecule is COC(=O)C1=C(C)N=C2SC=C(CC(=O)N(C)Cc3ccccc3)N2[C@@H]1c1ccc([N+](=O)[O-])cc1. The summed E-state index contributed by atoms with van der Waals surface area (Å²) < 4.78 is 5.04. The van der Waals surface area contributed by atoms with E-state index >= 15 is 0 Å². The van der Waals surface area contributed by atoms with Crippen molar-refractivity contribution in [1.82, 2.24) is 9.80 Å². The van der Waals surface area contributed by atoms with Gasteiger partial charge in [-0.2, -0.15) is 0 Å². The van der Waals surface area contributed by atoms with E-state index in [2.05, 4.69) is 4.99 Å². The summed E-state index contributed by atoms with van der Waals surface area (Å²) in [5.74, 6) is -0.632. The maximum atomic E-state index is 13.1. The highest BCUT2D eigenvalue weighted by Gasteiger charge is 2.41. The minimum absolute atomic E-state index is 0.0527. The van der Waals surface area contributed by atoms with Gasteiger partial charge >= 0.3 is 5.97 Å². The monoisotopic (exact) mass is 492 g/mol. The van der Waals surface area contributed by atoms with Crippen LogP contribution in [0.5, 0.6) is 0 Å². The van der Waals surface area contributed by atoms with Gasteiger partial charge in [0.1, 0.15) is 0 Å². The summed E-state index contributed by atoms with van der Waals surface area (Å²) in [6, 6.07) is 15.1. The molecule has 1 amide bonds. The molecule has 2 aliphatic rings. The van der Waals surface area contributed by atoms with Gasteiger partial charge in [0.05, 0.1) is 35.8 Å². The van der Waals surface area contributed by atoms with E-state index in [0.29, 0.717) is 34.2 Å². The Morgan fingerprint density at radius 1 is 1.17 bits per heavy atom. The lowest BCUT2D eigenvalue weighted by molar-refractivity contribution is -0.384. The van der Waals surface area contributed by atoms with Crippen molar-refractivity contribution in [2.24, 2.45) is 4.99 Å². The van der Waals surface area contributed by atoms with Crippen LogP contribution < -0.4 is 0 Å². The van der Waals surface area contributed by atoms with Crippen LogP contribution in [0.1, 0.15) is 30.5 Å². The molecule has 0 N–H and O–H groups in total. The van der Waals surface area contributed by atoms with Crippen molar-refractivity contribution in [3.05, 3.63) is 98.2 Å². The van der Waals surface area contributed by atoms with E-state index in [1.807, 2.05) is 40.6 Å². The molecule has 0 aromatic heterocycles. The molecule has 9 nitrogen and oxygen atoms in total. The second-order valence-corrected chi connectivity index (χ2v) is 8.98. The molecule has 0 aliphatic carbocycles. The maximum absolute atomic E-state index is 13.1. The van der Waals surface area contributed by atoms with Gasteiger partial charge < -0.3 is 14.5 Å². The highest BCUT2D eigenvalue weighted by molar-refractivity contribution is 8.16. The molecule has 10 heteroatoms. The predicted molar refractivity (Wildman–Crippen MR) is 133 cm³/mol. The highest BCUT2D eigenvalue weighted by Crippen LogP contribution is 2.45. The number of hydrogen-bond donors (Lipinski definition) is 0. The number of amides is 1. The van der Waals surface area contributed by atoms with Gasteiger partial charge in [-0.05, 0) is 35.6 Å². The third kappa shape index (κ3) is 4.97. The van der Waals surface area contributed by atoms with E-state index in [4.69, 9.17) is 4.74 Å². The number of nitro groups is 1. The van der Waals surface area contributed by atoms with Crippen LogP contribution in [0.25, 0.3) is 0 Å². The number of hydrogen-bond acceptors (Lipinski definition) is 8. The highest BCUT2D eigenvalue weighted by atomic mass is 32.2. The van der Waals surface area contributed by atoms with Gasteiger partial charge in [-0.25, -0.2) is 9.79 Å². The zero-order valence-corrected chi connectivity index (χ0v) is 20.3. The smallest absolute Gasteiger partial charge is 0.338 e. The second-order valence-electron chi connectivity index (χ2n) is 8.15. The Morgan fingerprint density at radius 3 is 2.49 bits per heavy atom. The standard InChI is InChI=1S/C25H24N4O5S/c1-16-22(24(31)34-3)23(18-9-11-19(12-10-18)29(32)33)28-20(15-35-25(28)26-16)13-21(30)27(2)14-17-7-5-4-6-8-17/h4-12,15,23H,13-14H2,1-3H3/t23-/m1/s1. The van der Waals surface area contributed by atoms with Crippen molar-refractivity contribution in [2.45, 2.75) is 25.9 Å². The summed E-state index contributed by atoms with van der Waals surface area (Å²) in [5.41, 5.74) is 3.14. The molecule has 0 unspecified atom stereocenters. The summed E-state index contributed by atoms with van der Waals surface area (Å²) in [7, 11) is 3.05. The van der Waals surface area contributed by atoms with E-state index in [-0.39, 0.29) is 18.0 Å². The number of aliphatic imine (C=N–C) groups is 1. The van der Waals surface area contributed by atoms with Crippen molar-refractivity contribution >= 4 is 34.5 Å². The van der Waals surface area contributed by atoms with E-state index in [1.165, 1.54) is 31.0 Å². The van der Waals surface area contributed by atoms with Crippen molar-refractivity contribution < 1.29 is 19.2 Å². The molecule has 0 radical (unpaired) electrons. The first kappa shape index (κ1) is 24.2. The normalized spacial score (nSPS) is 16.9. The summed E-state index contributed by atoms with van der Waals surface area (Å²) in [5, 5.41) is 13.6. The van der Waals surface area contributed by atoms with Gasteiger partial charge in [0.2, 0.25) is 5.91 Å². The Bertz CT molecular complexity index is 1250. The fourth-order valence-corrected chi connectivity index (χ4v) is 5.03. The fraction of sp³-hybridized carbons (Fsp3) is 0.240. The van der Waals surface area contributed by atoms with Gasteiger partial charge in [-0.1, -0.05) is 42.1 Å². The number of esters is 1. The average Bonchev–Trinajstić information content (AvgIpc) is 3.25. The molecule has 2 aliphatic heterocycles. The van der Waals surface area contributed by atoms with Crippen LogP contribution in [0.4, 0.5) is 5.69 Å². The van der Waals surface area contributed by atoms with Crippen molar-refractivity contribution in [2.75, 3.05) is 14.2 Å². The molecule has 0 saturated heterocycles. The van der Waals surface area contributed by atoms with Gasteiger partial charge in [0.15, 0.2) is 5.17 Å². The largest absolute Gasteiger partial charge is 0.466 e. The number of fused-ring (bicyclic) bond motifs is 1. The number of thioether (sulfide) groups is 1. The number of nitro benzene ring substituents is 1. The lowest BCUT2D eigenvalue weighted by Gasteiger charge is -2.36. The van der Waals surface area contributed by atoms with Gasteiger partial charge in [-0.15, -0.1) is 0 Å². The number of methoxy groups -OCH3 is 1.